The number of hydrogen-bond donors (Lipinski definition) is 0. The number of carbonyl (C=O) groups excluding carboxylic acids is 1. The first kappa shape index (κ1) is 16.3. The minimum atomic E-state index is -0.381. The fourth-order valence-corrected chi connectivity index (χ4v) is 2.36. The van der Waals surface area contributed by atoms with Crippen LogP contribution in [-0.2, 0) is 19.0 Å². The predicted octanol–water partition coefficient (Wildman–Crippen LogP) is 3.35. The van der Waals surface area contributed by atoms with Gasteiger partial charge in [-0.1, -0.05) is 45.4 Å². The molecule has 0 bridgehead atoms. The molecule has 4 nitrogen and oxygen atoms in total. The van der Waals surface area contributed by atoms with Crippen LogP contribution >= 0.6 is 0 Å². The zero-order chi connectivity index (χ0) is 14.8. The third-order valence-corrected chi connectivity index (χ3v) is 3.39. The highest BCUT2D eigenvalue weighted by Crippen LogP contribution is 2.29. The van der Waals surface area contributed by atoms with Crippen LogP contribution in [0.1, 0.15) is 32.1 Å². The second-order valence-electron chi connectivity index (χ2n) is 4.98. The normalized spacial score (nSPS) is 16.2. The summed E-state index contributed by atoms with van der Waals surface area (Å²) in [5.74, 6) is 0.229. The molecule has 0 amide bonds. The summed E-state index contributed by atoms with van der Waals surface area (Å²) in [5, 5.41) is 0. The molecule has 1 atom stereocenters. The van der Waals surface area contributed by atoms with E-state index < -0.39 is 0 Å². The lowest BCUT2D eigenvalue weighted by Crippen LogP contribution is -2.25. The van der Waals surface area contributed by atoms with Crippen LogP contribution in [0.3, 0.4) is 0 Å². The summed E-state index contributed by atoms with van der Waals surface area (Å²) in [6.07, 6.45) is 7.84. The lowest BCUT2D eigenvalue weighted by atomic mass is 9.99. The summed E-state index contributed by atoms with van der Waals surface area (Å²) >= 11 is 0. The fourth-order valence-electron chi connectivity index (χ4n) is 2.36. The van der Waals surface area contributed by atoms with E-state index in [2.05, 4.69) is 19.7 Å². The van der Waals surface area contributed by atoms with E-state index in [-0.39, 0.29) is 25.3 Å². The Morgan fingerprint density at radius 1 is 1.20 bits per heavy atom. The third kappa shape index (κ3) is 5.95. The maximum atomic E-state index is 11.8. The topological polar surface area (TPSA) is 44.8 Å². The molecule has 0 aromatic carbocycles. The standard InChI is InChI=1S/C16H24O4/c1-4-18-11-15(19-5-2)12-20-16(17)13(3)10-14-8-6-7-9-14/h4-5,14-15H,1-3,6-12H2. The Labute approximate surface area is 121 Å². The van der Waals surface area contributed by atoms with Gasteiger partial charge in [0, 0.05) is 5.57 Å². The van der Waals surface area contributed by atoms with Crippen molar-refractivity contribution in [1.82, 2.24) is 0 Å². The molecule has 0 heterocycles. The molecule has 1 aliphatic carbocycles. The molecule has 1 saturated carbocycles. The van der Waals surface area contributed by atoms with Gasteiger partial charge in [0.2, 0.25) is 0 Å². The van der Waals surface area contributed by atoms with Crippen LogP contribution in [0.25, 0.3) is 0 Å². The van der Waals surface area contributed by atoms with E-state index in [9.17, 15) is 4.79 Å². The minimum absolute atomic E-state index is 0.113. The molecule has 0 saturated heterocycles. The molecule has 0 aromatic rings. The zero-order valence-corrected chi connectivity index (χ0v) is 12.0. The van der Waals surface area contributed by atoms with Gasteiger partial charge in [0.05, 0.1) is 12.5 Å². The highest BCUT2D eigenvalue weighted by molar-refractivity contribution is 5.87. The van der Waals surface area contributed by atoms with Crippen LogP contribution in [0, 0.1) is 5.92 Å². The number of rotatable bonds is 10. The van der Waals surface area contributed by atoms with Crippen LogP contribution in [0.2, 0.25) is 0 Å². The molecule has 0 spiro atoms. The van der Waals surface area contributed by atoms with Crippen molar-refractivity contribution in [3.8, 4) is 0 Å². The van der Waals surface area contributed by atoms with Gasteiger partial charge < -0.3 is 14.2 Å². The van der Waals surface area contributed by atoms with Crippen LogP contribution in [0.5, 0.6) is 0 Å². The molecule has 20 heavy (non-hydrogen) atoms. The van der Waals surface area contributed by atoms with Gasteiger partial charge in [-0.25, -0.2) is 4.79 Å². The monoisotopic (exact) mass is 280 g/mol. The Hall–Kier alpha value is -1.71. The highest BCUT2D eigenvalue weighted by Gasteiger charge is 2.20. The number of carbonyl (C=O) groups is 1. The van der Waals surface area contributed by atoms with E-state index in [1.54, 1.807) is 0 Å². The van der Waals surface area contributed by atoms with Crippen LogP contribution < -0.4 is 0 Å². The van der Waals surface area contributed by atoms with Crippen molar-refractivity contribution in [2.75, 3.05) is 13.2 Å². The molecule has 1 aliphatic rings. The van der Waals surface area contributed by atoms with Gasteiger partial charge in [-0.15, -0.1) is 0 Å². The molecule has 0 radical (unpaired) electrons. The molecule has 1 rings (SSSR count). The lowest BCUT2D eigenvalue weighted by Gasteiger charge is -2.17. The fraction of sp³-hybridized carbons (Fsp3) is 0.562. The molecule has 0 aromatic heterocycles. The second-order valence-corrected chi connectivity index (χ2v) is 4.98. The van der Waals surface area contributed by atoms with Crippen molar-refractivity contribution in [2.24, 2.45) is 5.92 Å². The smallest absolute Gasteiger partial charge is 0.333 e. The Morgan fingerprint density at radius 2 is 1.90 bits per heavy atom. The van der Waals surface area contributed by atoms with E-state index in [0.717, 1.165) is 6.42 Å². The zero-order valence-electron chi connectivity index (χ0n) is 12.0. The number of hydrogen-bond acceptors (Lipinski definition) is 4. The highest BCUT2D eigenvalue weighted by atomic mass is 16.6. The van der Waals surface area contributed by atoms with Gasteiger partial charge >= 0.3 is 5.97 Å². The average molecular weight is 280 g/mol. The molecular weight excluding hydrogens is 256 g/mol. The van der Waals surface area contributed by atoms with Crippen LogP contribution in [0.4, 0.5) is 0 Å². The molecule has 0 N–H and O–H groups in total. The van der Waals surface area contributed by atoms with Gasteiger partial charge in [-0.05, 0) is 12.3 Å². The van der Waals surface area contributed by atoms with E-state index >= 15 is 0 Å². The molecule has 1 unspecified atom stereocenters. The van der Waals surface area contributed by atoms with Gasteiger partial charge in [0.25, 0.3) is 0 Å². The average Bonchev–Trinajstić information content (AvgIpc) is 2.94. The minimum Gasteiger partial charge on any atom is -0.498 e. The summed E-state index contributed by atoms with van der Waals surface area (Å²) in [6, 6.07) is 0. The first-order valence-electron chi connectivity index (χ1n) is 7.01. The van der Waals surface area contributed by atoms with Crippen molar-refractivity contribution >= 4 is 5.97 Å². The predicted molar refractivity (Wildman–Crippen MR) is 77.9 cm³/mol. The van der Waals surface area contributed by atoms with Crippen LogP contribution in [0.15, 0.2) is 37.8 Å². The number of esters is 1. The quantitative estimate of drug-likeness (QED) is 0.350. The van der Waals surface area contributed by atoms with Gasteiger partial charge in [0.15, 0.2) is 6.10 Å². The summed E-state index contributed by atoms with van der Waals surface area (Å²) < 4.78 is 15.4. The first-order chi connectivity index (χ1) is 9.67. The summed E-state index contributed by atoms with van der Waals surface area (Å²) in [5.41, 5.74) is 0.541. The van der Waals surface area contributed by atoms with Crippen molar-refractivity contribution in [3.05, 3.63) is 37.8 Å². The molecule has 1 fully saturated rings. The largest absolute Gasteiger partial charge is 0.498 e. The van der Waals surface area contributed by atoms with E-state index in [4.69, 9.17) is 14.2 Å². The molecular formula is C16H24O4. The first-order valence-corrected chi connectivity index (χ1v) is 7.01. The SMILES string of the molecule is C=COCC(COC(=O)C(=C)CC1CCCC1)OC=C. The van der Waals surface area contributed by atoms with E-state index in [1.807, 2.05) is 0 Å². The van der Waals surface area contributed by atoms with Crippen molar-refractivity contribution in [3.63, 3.8) is 0 Å². The van der Waals surface area contributed by atoms with E-state index in [1.165, 1.54) is 38.2 Å². The van der Waals surface area contributed by atoms with Crippen molar-refractivity contribution in [2.45, 2.75) is 38.2 Å². The second kappa shape index (κ2) is 9.23. The maximum Gasteiger partial charge on any atom is 0.333 e. The molecule has 4 heteroatoms. The Kier molecular flexibility index (Phi) is 7.55. The summed E-state index contributed by atoms with van der Waals surface area (Å²) in [6.45, 7) is 11.1. The van der Waals surface area contributed by atoms with Gasteiger partial charge in [-0.3, -0.25) is 0 Å². The Bertz CT molecular complexity index is 342. The Morgan fingerprint density at radius 3 is 2.50 bits per heavy atom. The number of ether oxygens (including phenoxy) is 3. The molecule has 112 valence electrons. The van der Waals surface area contributed by atoms with Gasteiger partial charge in [-0.2, -0.15) is 0 Å². The van der Waals surface area contributed by atoms with E-state index in [0.29, 0.717) is 11.5 Å². The summed E-state index contributed by atoms with van der Waals surface area (Å²) in [4.78, 5) is 11.8. The lowest BCUT2D eigenvalue weighted by molar-refractivity contribution is -0.143. The van der Waals surface area contributed by atoms with Gasteiger partial charge in [0.1, 0.15) is 13.2 Å². The molecule has 0 aliphatic heterocycles. The van der Waals surface area contributed by atoms with Crippen molar-refractivity contribution < 1.29 is 19.0 Å². The van der Waals surface area contributed by atoms with Crippen LogP contribution in [-0.4, -0.2) is 25.3 Å². The maximum absolute atomic E-state index is 11.8. The third-order valence-electron chi connectivity index (χ3n) is 3.39. The van der Waals surface area contributed by atoms with Crippen molar-refractivity contribution in [1.29, 1.82) is 0 Å². The Balaban J connectivity index is 2.29. The summed E-state index contributed by atoms with van der Waals surface area (Å²) in [7, 11) is 0.